The van der Waals surface area contributed by atoms with Gasteiger partial charge in [-0.25, -0.2) is 0 Å². The van der Waals surface area contributed by atoms with Crippen LogP contribution in [0, 0.1) is 0 Å². The van der Waals surface area contributed by atoms with Crippen LogP contribution in [0.25, 0.3) is 21.9 Å². The van der Waals surface area contributed by atoms with Crippen molar-refractivity contribution >= 4 is 22.3 Å². The minimum atomic E-state index is -0.106. The van der Waals surface area contributed by atoms with Crippen LogP contribution in [0.1, 0.15) is 31.8 Å². The van der Waals surface area contributed by atoms with Crippen molar-refractivity contribution in [2.75, 3.05) is 7.11 Å². The van der Waals surface area contributed by atoms with Gasteiger partial charge in [0.2, 0.25) is 0 Å². The number of fused-ring (bicyclic) bond motifs is 4. The summed E-state index contributed by atoms with van der Waals surface area (Å²) in [5.41, 5.74) is 3.81. The smallest absolute Gasteiger partial charge is 0.195 e. The van der Waals surface area contributed by atoms with Gasteiger partial charge in [0, 0.05) is 22.3 Å². The lowest BCUT2D eigenvalue weighted by atomic mass is 9.79. The summed E-state index contributed by atoms with van der Waals surface area (Å²) in [6.07, 6.45) is 0. The molecule has 0 saturated carbocycles. The van der Waals surface area contributed by atoms with E-state index in [1.807, 2.05) is 54.6 Å². The number of methoxy groups -OCH3 is 1. The molecule has 134 valence electrons. The summed E-state index contributed by atoms with van der Waals surface area (Å²) < 4.78 is 5.25. The van der Waals surface area contributed by atoms with Crippen LogP contribution in [0.2, 0.25) is 0 Å². The molecule has 0 N–H and O–H groups in total. The third-order valence-electron chi connectivity index (χ3n) is 5.33. The summed E-state index contributed by atoms with van der Waals surface area (Å²) in [6.45, 7) is 0. The summed E-state index contributed by atoms with van der Waals surface area (Å²) in [4.78, 5) is 26.4. The standard InChI is InChI=1S/C25H16O3/c1-28-16-12-10-15(11-13-16)21-14-22-23(18-7-3-2-6-17(18)21)25(27)20-9-5-4-8-19(20)24(22)26/h2-14H,1H3. The minimum absolute atomic E-state index is 0.0947. The molecule has 0 saturated heterocycles. The fourth-order valence-electron chi connectivity index (χ4n) is 3.97. The predicted molar refractivity (Wildman–Crippen MR) is 109 cm³/mol. The number of ketones is 2. The molecule has 0 unspecified atom stereocenters. The number of rotatable bonds is 2. The fourth-order valence-corrected chi connectivity index (χ4v) is 3.97. The molecule has 28 heavy (non-hydrogen) atoms. The molecule has 0 spiro atoms. The quantitative estimate of drug-likeness (QED) is 0.427. The Morgan fingerprint density at radius 3 is 1.89 bits per heavy atom. The molecule has 0 radical (unpaired) electrons. The highest BCUT2D eigenvalue weighted by Crippen LogP contribution is 2.38. The zero-order valence-electron chi connectivity index (χ0n) is 15.2. The van der Waals surface area contributed by atoms with E-state index in [0.717, 1.165) is 27.6 Å². The molecule has 4 aromatic rings. The third-order valence-corrected chi connectivity index (χ3v) is 5.33. The summed E-state index contributed by atoms with van der Waals surface area (Å²) in [5.74, 6) is 0.569. The SMILES string of the molecule is COc1ccc(-c2cc3c(c4ccccc24)C(=O)c2ccccc2C3=O)cc1. The van der Waals surface area contributed by atoms with Gasteiger partial charge in [-0.3, -0.25) is 9.59 Å². The summed E-state index contributed by atoms with van der Waals surface area (Å²) in [5, 5.41) is 1.76. The molecule has 5 rings (SSSR count). The molecule has 0 heterocycles. The molecule has 0 bridgehead atoms. The summed E-state index contributed by atoms with van der Waals surface area (Å²) >= 11 is 0. The number of hydrogen-bond acceptors (Lipinski definition) is 3. The van der Waals surface area contributed by atoms with E-state index in [9.17, 15) is 9.59 Å². The average molecular weight is 364 g/mol. The molecule has 0 aliphatic heterocycles. The largest absolute Gasteiger partial charge is 0.497 e. The number of carbonyl (C=O) groups excluding carboxylic acids is 2. The Bertz CT molecular complexity index is 1270. The van der Waals surface area contributed by atoms with Crippen LogP contribution in [-0.2, 0) is 0 Å². The van der Waals surface area contributed by atoms with Crippen LogP contribution >= 0.6 is 0 Å². The van der Waals surface area contributed by atoms with Gasteiger partial charge in [0.25, 0.3) is 0 Å². The van der Waals surface area contributed by atoms with Crippen molar-refractivity contribution in [2.45, 2.75) is 0 Å². The summed E-state index contributed by atoms with van der Waals surface area (Å²) in [6, 6.07) is 24.4. The Morgan fingerprint density at radius 2 is 1.21 bits per heavy atom. The molecule has 0 aromatic heterocycles. The Kier molecular flexibility index (Phi) is 3.63. The van der Waals surface area contributed by atoms with Crippen LogP contribution in [0.5, 0.6) is 5.75 Å². The highest BCUT2D eigenvalue weighted by molar-refractivity contribution is 6.33. The predicted octanol–water partition coefficient (Wildman–Crippen LogP) is 5.29. The Hall–Kier alpha value is -3.72. The van der Waals surface area contributed by atoms with Crippen LogP contribution < -0.4 is 4.74 Å². The number of benzene rings is 4. The van der Waals surface area contributed by atoms with E-state index >= 15 is 0 Å². The molecule has 3 heteroatoms. The Balaban J connectivity index is 1.83. The lowest BCUT2D eigenvalue weighted by Gasteiger charge is -2.21. The monoisotopic (exact) mass is 364 g/mol. The van der Waals surface area contributed by atoms with Gasteiger partial charge in [0.15, 0.2) is 11.6 Å². The molecule has 1 aliphatic carbocycles. The van der Waals surface area contributed by atoms with Crippen LogP contribution in [0.4, 0.5) is 0 Å². The van der Waals surface area contributed by atoms with Crippen molar-refractivity contribution in [3.8, 4) is 16.9 Å². The van der Waals surface area contributed by atoms with E-state index in [0.29, 0.717) is 22.3 Å². The maximum Gasteiger partial charge on any atom is 0.195 e. The van der Waals surface area contributed by atoms with E-state index in [4.69, 9.17) is 4.74 Å². The first-order valence-electron chi connectivity index (χ1n) is 9.07. The molecule has 0 atom stereocenters. The van der Waals surface area contributed by atoms with Crippen molar-refractivity contribution in [1.82, 2.24) is 0 Å². The van der Waals surface area contributed by atoms with Crippen molar-refractivity contribution in [3.63, 3.8) is 0 Å². The van der Waals surface area contributed by atoms with Gasteiger partial charge in [-0.1, -0.05) is 60.7 Å². The van der Waals surface area contributed by atoms with Gasteiger partial charge in [-0.05, 0) is 40.1 Å². The van der Waals surface area contributed by atoms with Crippen molar-refractivity contribution in [2.24, 2.45) is 0 Å². The molecule has 0 fully saturated rings. The van der Waals surface area contributed by atoms with E-state index in [1.165, 1.54) is 0 Å². The maximum absolute atomic E-state index is 13.2. The molecule has 0 amide bonds. The zero-order valence-corrected chi connectivity index (χ0v) is 15.2. The maximum atomic E-state index is 13.2. The second-order valence-electron chi connectivity index (χ2n) is 6.82. The lowest BCUT2D eigenvalue weighted by molar-refractivity contribution is 0.0980. The van der Waals surface area contributed by atoms with Gasteiger partial charge in [-0.15, -0.1) is 0 Å². The van der Waals surface area contributed by atoms with Gasteiger partial charge < -0.3 is 4.74 Å². The molecule has 3 nitrogen and oxygen atoms in total. The average Bonchev–Trinajstić information content (AvgIpc) is 2.76. The van der Waals surface area contributed by atoms with Crippen LogP contribution in [0.3, 0.4) is 0 Å². The fraction of sp³-hybridized carbons (Fsp3) is 0.0400. The zero-order chi connectivity index (χ0) is 19.3. The summed E-state index contributed by atoms with van der Waals surface area (Å²) in [7, 11) is 1.63. The molecule has 1 aliphatic rings. The first-order chi connectivity index (χ1) is 13.7. The van der Waals surface area contributed by atoms with Gasteiger partial charge in [0.05, 0.1) is 7.11 Å². The minimum Gasteiger partial charge on any atom is -0.497 e. The number of carbonyl (C=O) groups is 2. The van der Waals surface area contributed by atoms with Crippen LogP contribution in [0.15, 0.2) is 78.9 Å². The van der Waals surface area contributed by atoms with Gasteiger partial charge in [0.1, 0.15) is 5.75 Å². The molecular weight excluding hydrogens is 348 g/mol. The second-order valence-corrected chi connectivity index (χ2v) is 6.82. The lowest BCUT2D eigenvalue weighted by Crippen LogP contribution is -2.21. The topological polar surface area (TPSA) is 43.4 Å². The highest BCUT2D eigenvalue weighted by atomic mass is 16.5. The Morgan fingerprint density at radius 1 is 0.607 bits per heavy atom. The van der Waals surface area contributed by atoms with Crippen LogP contribution in [-0.4, -0.2) is 18.7 Å². The van der Waals surface area contributed by atoms with E-state index in [2.05, 4.69) is 0 Å². The van der Waals surface area contributed by atoms with Crippen molar-refractivity contribution in [3.05, 3.63) is 101 Å². The second kappa shape index (κ2) is 6.17. The van der Waals surface area contributed by atoms with E-state index < -0.39 is 0 Å². The van der Waals surface area contributed by atoms with Gasteiger partial charge >= 0.3 is 0 Å². The van der Waals surface area contributed by atoms with E-state index in [-0.39, 0.29) is 11.6 Å². The van der Waals surface area contributed by atoms with E-state index in [1.54, 1.807) is 31.4 Å². The first kappa shape index (κ1) is 16.5. The first-order valence-corrected chi connectivity index (χ1v) is 9.07. The number of ether oxygens (including phenoxy) is 1. The number of hydrogen-bond donors (Lipinski definition) is 0. The normalized spacial score (nSPS) is 12.6. The van der Waals surface area contributed by atoms with Gasteiger partial charge in [-0.2, -0.15) is 0 Å². The van der Waals surface area contributed by atoms with Crippen molar-refractivity contribution < 1.29 is 14.3 Å². The Labute approximate surface area is 162 Å². The molecular formula is C25H16O3. The molecule has 4 aromatic carbocycles. The third kappa shape index (κ3) is 2.30. The highest BCUT2D eigenvalue weighted by Gasteiger charge is 2.31. The van der Waals surface area contributed by atoms with Crippen molar-refractivity contribution in [1.29, 1.82) is 0 Å².